The maximum Gasteiger partial charge on any atom is 0.255 e. The minimum absolute atomic E-state index is 0.202. The summed E-state index contributed by atoms with van der Waals surface area (Å²) < 4.78 is 8.34. The monoisotopic (exact) mass is 416 g/mol. The molecule has 28 heavy (non-hydrogen) atoms. The molecule has 8 heteroatoms. The molecule has 6 nitrogen and oxygen atoms in total. The van der Waals surface area contributed by atoms with Crippen molar-refractivity contribution >= 4 is 29.7 Å². The maximum atomic E-state index is 12.6. The van der Waals surface area contributed by atoms with Gasteiger partial charge in [0.1, 0.15) is 18.2 Å². The lowest BCUT2D eigenvalue weighted by Crippen LogP contribution is -2.27. The van der Waals surface area contributed by atoms with Gasteiger partial charge in [-0.1, -0.05) is 41.9 Å². The van der Waals surface area contributed by atoms with E-state index in [2.05, 4.69) is 15.5 Å². The minimum atomic E-state index is -0.202. The summed E-state index contributed by atoms with van der Waals surface area (Å²) in [6.45, 7) is 3.46. The molecule has 2 N–H and O–H groups in total. The zero-order valence-corrected chi connectivity index (χ0v) is 17.0. The van der Waals surface area contributed by atoms with Crippen molar-refractivity contribution in [1.29, 1.82) is 0 Å². The van der Waals surface area contributed by atoms with E-state index < -0.39 is 0 Å². The first-order chi connectivity index (χ1) is 13.6. The van der Waals surface area contributed by atoms with Gasteiger partial charge in [-0.25, -0.2) is 0 Å². The molecule has 0 aliphatic carbocycles. The fraction of sp³-hybridized carbons (Fsp3) is 0.250. The normalized spacial score (nSPS) is 10.6. The number of hydrogen-bond acceptors (Lipinski definition) is 4. The Balaban J connectivity index is 1.62. The molecule has 3 rings (SSSR count). The first-order valence-electron chi connectivity index (χ1n) is 8.97. The average Bonchev–Trinajstić information content (AvgIpc) is 3.07. The highest BCUT2D eigenvalue weighted by molar-refractivity contribution is 7.71. The molecule has 0 spiro atoms. The van der Waals surface area contributed by atoms with Gasteiger partial charge in [-0.05, 0) is 37.3 Å². The third kappa shape index (κ3) is 4.79. The van der Waals surface area contributed by atoms with E-state index in [1.165, 1.54) is 0 Å². The van der Waals surface area contributed by atoms with E-state index in [4.69, 9.17) is 28.6 Å². The highest BCUT2D eigenvalue weighted by Crippen LogP contribution is 2.22. The lowest BCUT2D eigenvalue weighted by atomic mass is 10.2. The number of hydrogen-bond donors (Lipinski definition) is 2. The van der Waals surface area contributed by atoms with E-state index in [0.29, 0.717) is 34.1 Å². The first-order valence-corrected chi connectivity index (χ1v) is 9.76. The minimum Gasteiger partial charge on any atom is -0.488 e. The zero-order valence-electron chi connectivity index (χ0n) is 15.4. The number of ether oxygens (including phenoxy) is 1. The second-order valence-corrected chi connectivity index (χ2v) is 6.87. The van der Waals surface area contributed by atoms with Gasteiger partial charge in [-0.15, -0.1) is 0 Å². The molecule has 2 aromatic carbocycles. The molecule has 3 aromatic rings. The molecule has 0 bridgehead atoms. The lowest BCUT2D eigenvalue weighted by molar-refractivity contribution is 0.0949. The summed E-state index contributed by atoms with van der Waals surface area (Å²) in [5, 5.41) is 10.5. The van der Waals surface area contributed by atoms with Crippen LogP contribution in [-0.4, -0.2) is 27.2 Å². The Kier molecular flexibility index (Phi) is 6.84. The number of benzene rings is 2. The quantitative estimate of drug-likeness (QED) is 0.541. The van der Waals surface area contributed by atoms with Crippen molar-refractivity contribution in [3.8, 4) is 5.75 Å². The van der Waals surface area contributed by atoms with E-state index in [1.807, 2.05) is 41.8 Å². The third-order valence-electron chi connectivity index (χ3n) is 4.26. The standard InChI is InChI=1S/C20H21ClN4O2S/c1-2-25-18(23-24-20(25)28)11-12-22-19(26)15-8-4-6-10-17(15)27-13-14-7-3-5-9-16(14)21/h3-10H,2,11-13H2,1H3,(H,22,26)(H,24,28). The predicted molar refractivity (Wildman–Crippen MR) is 111 cm³/mol. The van der Waals surface area contributed by atoms with Crippen LogP contribution in [0.4, 0.5) is 0 Å². The van der Waals surface area contributed by atoms with Crippen molar-refractivity contribution in [2.45, 2.75) is 26.5 Å². The highest BCUT2D eigenvalue weighted by atomic mass is 35.5. The summed E-state index contributed by atoms with van der Waals surface area (Å²) in [5.74, 6) is 1.12. The van der Waals surface area contributed by atoms with Crippen LogP contribution in [0.25, 0.3) is 0 Å². The molecule has 1 amide bonds. The van der Waals surface area contributed by atoms with Gasteiger partial charge in [0.05, 0.1) is 5.56 Å². The molecule has 0 unspecified atom stereocenters. The molecule has 0 saturated carbocycles. The van der Waals surface area contributed by atoms with Gasteiger partial charge in [-0.2, -0.15) is 5.10 Å². The fourth-order valence-corrected chi connectivity index (χ4v) is 3.27. The number of H-pyrrole nitrogens is 1. The van der Waals surface area contributed by atoms with Crippen LogP contribution >= 0.6 is 23.8 Å². The summed E-state index contributed by atoms with van der Waals surface area (Å²) in [6, 6.07) is 14.6. The molecule has 146 valence electrons. The Labute approximate surface area is 173 Å². The summed E-state index contributed by atoms with van der Waals surface area (Å²) in [5.41, 5.74) is 1.34. The second kappa shape index (κ2) is 9.52. The van der Waals surface area contributed by atoms with E-state index in [0.717, 1.165) is 17.9 Å². The highest BCUT2D eigenvalue weighted by Gasteiger charge is 2.13. The molecule has 0 saturated heterocycles. The summed E-state index contributed by atoms with van der Waals surface area (Å²) >= 11 is 11.3. The fourth-order valence-electron chi connectivity index (χ4n) is 2.80. The topological polar surface area (TPSA) is 71.9 Å². The van der Waals surface area contributed by atoms with Gasteiger partial charge in [-0.3, -0.25) is 9.89 Å². The van der Waals surface area contributed by atoms with Gasteiger partial charge in [0.2, 0.25) is 0 Å². The smallest absolute Gasteiger partial charge is 0.255 e. The van der Waals surface area contributed by atoms with Crippen LogP contribution in [0.5, 0.6) is 5.75 Å². The number of halogens is 1. The van der Waals surface area contributed by atoms with Crippen LogP contribution in [0.1, 0.15) is 28.7 Å². The number of amides is 1. The van der Waals surface area contributed by atoms with Crippen molar-refractivity contribution in [3.05, 3.63) is 75.3 Å². The molecule has 0 fully saturated rings. The lowest BCUT2D eigenvalue weighted by Gasteiger charge is -2.12. The van der Waals surface area contributed by atoms with E-state index in [1.54, 1.807) is 18.2 Å². The third-order valence-corrected chi connectivity index (χ3v) is 4.94. The molecule has 0 aliphatic rings. The Hall–Kier alpha value is -2.64. The van der Waals surface area contributed by atoms with Crippen LogP contribution in [0.2, 0.25) is 5.02 Å². The van der Waals surface area contributed by atoms with Crippen LogP contribution in [0, 0.1) is 4.77 Å². The molecule has 0 aliphatic heterocycles. The Morgan fingerprint density at radius 3 is 2.79 bits per heavy atom. The Bertz CT molecular complexity index is 1020. The van der Waals surface area contributed by atoms with Crippen molar-refractivity contribution in [1.82, 2.24) is 20.1 Å². The molecule has 1 heterocycles. The van der Waals surface area contributed by atoms with Crippen LogP contribution in [0.15, 0.2) is 48.5 Å². The van der Waals surface area contributed by atoms with Crippen molar-refractivity contribution in [2.24, 2.45) is 0 Å². The number of carbonyl (C=O) groups excluding carboxylic acids is 1. The second-order valence-electron chi connectivity index (χ2n) is 6.07. The SMILES string of the molecule is CCn1c(CCNC(=O)c2ccccc2OCc2ccccc2Cl)n[nH]c1=S. The predicted octanol–water partition coefficient (Wildman–Crippen LogP) is 4.17. The van der Waals surface area contributed by atoms with E-state index >= 15 is 0 Å². The molecule has 0 radical (unpaired) electrons. The van der Waals surface area contributed by atoms with E-state index in [9.17, 15) is 4.79 Å². The van der Waals surface area contributed by atoms with Gasteiger partial charge in [0.15, 0.2) is 4.77 Å². The van der Waals surface area contributed by atoms with E-state index in [-0.39, 0.29) is 12.5 Å². The van der Waals surface area contributed by atoms with Crippen LogP contribution < -0.4 is 10.1 Å². The van der Waals surface area contributed by atoms with Crippen molar-refractivity contribution < 1.29 is 9.53 Å². The van der Waals surface area contributed by atoms with Gasteiger partial charge in [0, 0.05) is 30.1 Å². The van der Waals surface area contributed by atoms with Crippen molar-refractivity contribution in [2.75, 3.05) is 6.54 Å². The van der Waals surface area contributed by atoms with Gasteiger partial charge >= 0.3 is 0 Å². The van der Waals surface area contributed by atoms with Crippen LogP contribution in [-0.2, 0) is 19.6 Å². The number of rotatable bonds is 8. The number of aromatic amines is 1. The molecule has 1 aromatic heterocycles. The van der Waals surface area contributed by atoms with Gasteiger partial charge < -0.3 is 14.6 Å². The average molecular weight is 417 g/mol. The van der Waals surface area contributed by atoms with Crippen molar-refractivity contribution in [3.63, 3.8) is 0 Å². The first kappa shape index (κ1) is 20.1. The number of aromatic nitrogens is 3. The molecular formula is C20H21ClN4O2S. The molecule has 0 atom stereocenters. The summed E-state index contributed by atoms with van der Waals surface area (Å²) in [4.78, 5) is 12.6. The Morgan fingerprint density at radius 2 is 2.00 bits per heavy atom. The van der Waals surface area contributed by atoms with Crippen LogP contribution in [0.3, 0.4) is 0 Å². The van der Waals surface area contributed by atoms with Gasteiger partial charge in [0.25, 0.3) is 5.91 Å². The summed E-state index contributed by atoms with van der Waals surface area (Å²) in [7, 11) is 0. The number of nitrogens with one attached hydrogen (secondary N) is 2. The number of carbonyl (C=O) groups is 1. The number of para-hydroxylation sites is 1. The molecular weight excluding hydrogens is 396 g/mol. The number of nitrogens with zero attached hydrogens (tertiary/aromatic N) is 2. The maximum absolute atomic E-state index is 12.6. The largest absolute Gasteiger partial charge is 0.488 e. The zero-order chi connectivity index (χ0) is 19.9. The Morgan fingerprint density at radius 1 is 1.25 bits per heavy atom. The summed E-state index contributed by atoms with van der Waals surface area (Å²) in [6.07, 6.45) is 0.579.